The topological polar surface area (TPSA) is 61.6 Å². The van der Waals surface area contributed by atoms with Gasteiger partial charge >= 0.3 is 0 Å². The summed E-state index contributed by atoms with van der Waals surface area (Å²) >= 11 is 0. The molecule has 8 heteroatoms. The van der Waals surface area contributed by atoms with E-state index < -0.39 is 0 Å². The Morgan fingerprint density at radius 1 is 1.17 bits per heavy atom. The SMILES string of the molecule is C=CCCCN(C)C(=NCc1nnc(C)n1C)NCCCN(C)c1ccccc1.I. The largest absolute Gasteiger partial charge is 0.375 e. The van der Waals surface area contributed by atoms with Crippen molar-refractivity contribution in [2.24, 2.45) is 12.0 Å². The smallest absolute Gasteiger partial charge is 0.194 e. The highest BCUT2D eigenvalue weighted by atomic mass is 127. The molecule has 0 aliphatic rings. The van der Waals surface area contributed by atoms with Crippen LogP contribution in [0, 0.1) is 6.92 Å². The standard InChI is InChI=1S/C22H35N7.HI/c1-6-7-11-16-28(4)22(24-18-21-26-25-19(2)29(21)5)23-15-12-17-27(3)20-13-9-8-10-14-20;/h6,8-10,13-14H,1,7,11-12,15-18H2,2-5H3,(H,23,24);1H. The molecular formula is C22H36IN7. The first-order chi connectivity index (χ1) is 14.0. The minimum Gasteiger partial charge on any atom is -0.375 e. The first-order valence-corrected chi connectivity index (χ1v) is 10.2. The van der Waals surface area contributed by atoms with Crippen molar-refractivity contribution in [1.82, 2.24) is 25.0 Å². The average molecular weight is 525 g/mol. The molecule has 0 atom stereocenters. The summed E-state index contributed by atoms with van der Waals surface area (Å²) < 4.78 is 1.98. The molecule has 0 amide bonds. The Labute approximate surface area is 198 Å². The van der Waals surface area contributed by atoms with Crippen LogP contribution >= 0.6 is 24.0 Å². The van der Waals surface area contributed by atoms with Gasteiger partial charge in [0.2, 0.25) is 0 Å². The summed E-state index contributed by atoms with van der Waals surface area (Å²) in [6, 6.07) is 10.5. The quantitative estimate of drug-likeness (QED) is 0.160. The van der Waals surface area contributed by atoms with E-state index in [0.717, 1.165) is 56.5 Å². The van der Waals surface area contributed by atoms with E-state index in [0.29, 0.717) is 6.54 Å². The lowest BCUT2D eigenvalue weighted by Gasteiger charge is -2.23. The number of benzene rings is 1. The van der Waals surface area contributed by atoms with Crippen molar-refractivity contribution in [2.45, 2.75) is 32.7 Å². The zero-order chi connectivity index (χ0) is 21.1. The highest BCUT2D eigenvalue weighted by Gasteiger charge is 2.09. The Morgan fingerprint density at radius 2 is 1.90 bits per heavy atom. The summed E-state index contributed by atoms with van der Waals surface area (Å²) in [6.07, 6.45) is 5.04. The van der Waals surface area contributed by atoms with Gasteiger partial charge in [0.25, 0.3) is 0 Å². The van der Waals surface area contributed by atoms with Gasteiger partial charge in [0.15, 0.2) is 11.8 Å². The van der Waals surface area contributed by atoms with Crippen molar-refractivity contribution < 1.29 is 0 Å². The molecule has 0 bridgehead atoms. The Hall–Kier alpha value is -2.10. The molecule has 0 radical (unpaired) electrons. The average Bonchev–Trinajstić information content (AvgIpc) is 3.05. The van der Waals surface area contributed by atoms with E-state index in [1.54, 1.807) is 0 Å². The molecule has 2 rings (SSSR count). The van der Waals surface area contributed by atoms with Crippen molar-refractivity contribution in [3.8, 4) is 0 Å². The van der Waals surface area contributed by atoms with E-state index in [4.69, 9.17) is 4.99 Å². The molecule has 2 aromatic rings. The molecule has 7 nitrogen and oxygen atoms in total. The highest BCUT2D eigenvalue weighted by molar-refractivity contribution is 14.0. The van der Waals surface area contributed by atoms with Gasteiger partial charge in [0.05, 0.1) is 0 Å². The van der Waals surface area contributed by atoms with Crippen molar-refractivity contribution in [3.05, 3.63) is 54.6 Å². The van der Waals surface area contributed by atoms with Crippen LogP contribution in [0.4, 0.5) is 5.69 Å². The zero-order valence-corrected chi connectivity index (χ0v) is 21.0. The molecule has 0 unspecified atom stereocenters. The van der Waals surface area contributed by atoms with Crippen LogP contribution in [-0.2, 0) is 13.6 Å². The minimum absolute atomic E-state index is 0. The molecule has 0 aliphatic heterocycles. The normalized spacial score (nSPS) is 11.0. The van der Waals surface area contributed by atoms with Crippen LogP contribution in [0.5, 0.6) is 0 Å². The van der Waals surface area contributed by atoms with Gasteiger partial charge in [0, 0.05) is 46.5 Å². The number of anilines is 1. The Morgan fingerprint density at radius 3 is 2.53 bits per heavy atom. The molecule has 1 aromatic heterocycles. The third kappa shape index (κ3) is 8.33. The van der Waals surface area contributed by atoms with Gasteiger partial charge in [0.1, 0.15) is 12.4 Å². The molecule has 166 valence electrons. The van der Waals surface area contributed by atoms with Crippen LogP contribution in [0.1, 0.15) is 30.9 Å². The van der Waals surface area contributed by atoms with E-state index in [1.807, 2.05) is 30.7 Å². The Kier molecular flexibility index (Phi) is 12.1. The van der Waals surface area contributed by atoms with Crippen LogP contribution in [0.2, 0.25) is 0 Å². The second-order valence-electron chi connectivity index (χ2n) is 7.25. The summed E-state index contributed by atoms with van der Waals surface area (Å²) in [7, 11) is 6.18. The number of aromatic nitrogens is 3. The molecule has 0 aliphatic carbocycles. The minimum atomic E-state index is 0. The number of aryl methyl sites for hydroxylation is 1. The molecule has 0 saturated heterocycles. The van der Waals surface area contributed by atoms with Gasteiger partial charge in [-0.2, -0.15) is 0 Å². The van der Waals surface area contributed by atoms with Crippen LogP contribution in [0.3, 0.4) is 0 Å². The van der Waals surface area contributed by atoms with Gasteiger partial charge in [-0.1, -0.05) is 24.3 Å². The summed E-state index contributed by atoms with van der Waals surface area (Å²) in [5.41, 5.74) is 1.24. The van der Waals surface area contributed by atoms with Crippen LogP contribution in [0.15, 0.2) is 48.0 Å². The Balaban J connectivity index is 0.00000450. The summed E-state index contributed by atoms with van der Waals surface area (Å²) in [5.74, 6) is 2.66. The number of nitrogens with one attached hydrogen (secondary N) is 1. The van der Waals surface area contributed by atoms with E-state index in [-0.39, 0.29) is 24.0 Å². The summed E-state index contributed by atoms with van der Waals surface area (Å²) in [4.78, 5) is 9.24. The summed E-state index contributed by atoms with van der Waals surface area (Å²) in [6.45, 7) is 9.03. The number of hydrogen-bond donors (Lipinski definition) is 1. The van der Waals surface area contributed by atoms with E-state index in [9.17, 15) is 0 Å². The van der Waals surface area contributed by atoms with Gasteiger partial charge in [-0.15, -0.1) is 40.8 Å². The predicted octanol–water partition coefficient (Wildman–Crippen LogP) is 3.61. The predicted molar refractivity (Wildman–Crippen MR) is 137 cm³/mol. The maximum Gasteiger partial charge on any atom is 0.194 e. The van der Waals surface area contributed by atoms with Crippen molar-refractivity contribution >= 4 is 35.6 Å². The first kappa shape index (κ1) is 25.9. The molecular weight excluding hydrogens is 489 g/mol. The maximum absolute atomic E-state index is 4.79. The number of hydrogen-bond acceptors (Lipinski definition) is 4. The molecule has 0 fully saturated rings. The van der Waals surface area contributed by atoms with Crippen molar-refractivity contribution in [3.63, 3.8) is 0 Å². The highest BCUT2D eigenvalue weighted by Crippen LogP contribution is 2.10. The van der Waals surface area contributed by atoms with Crippen LogP contribution in [-0.4, -0.2) is 59.4 Å². The summed E-state index contributed by atoms with van der Waals surface area (Å²) in [5, 5.41) is 11.8. The van der Waals surface area contributed by atoms with E-state index in [2.05, 4.69) is 70.3 Å². The van der Waals surface area contributed by atoms with Crippen molar-refractivity contribution in [2.75, 3.05) is 38.6 Å². The number of halogens is 1. The van der Waals surface area contributed by atoms with Crippen LogP contribution < -0.4 is 10.2 Å². The monoisotopic (exact) mass is 525 g/mol. The first-order valence-electron chi connectivity index (χ1n) is 10.2. The van der Waals surface area contributed by atoms with Gasteiger partial charge < -0.3 is 19.7 Å². The second kappa shape index (κ2) is 14.0. The van der Waals surface area contributed by atoms with Crippen molar-refractivity contribution in [1.29, 1.82) is 0 Å². The lowest BCUT2D eigenvalue weighted by Crippen LogP contribution is -2.40. The molecule has 0 spiro atoms. The zero-order valence-electron chi connectivity index (χ0n) is 18.7. The number of guanidine groups is 1. The molecule has 1 heterocycles. The second-order valence-corrected chi connectivity index (χ2v) is 7.25. The molecule has 30 heavy (non-hydrogen) atoms. The number of rotatable bonds is 11. The fraction of sp³-hybridized carbons (Fsp3) is 0.500. The molecule has 1 aromatic carbocycles. The lowest BCUT2D eigenvalue weighted by molar-refractivity contribution is 0.466. The Bertz CT molecular complexity index is 773. The fourth-order valence-corrected chi connectivity index (χ4v) is 2.95. The molecule has 0 saturated carbocycles. The lowest BCUT2D eigenvalue weighted by atomic mass is 10.3. The van der Waals surface area contributed by atoms with Gasteiger partial charge in [-0.25, -0.2) is 4.99 Å². The third-order valence-corrected chi connectivity index (χ3v) is 4.97. The van der Waals surface area contributed by atoms with Crippen LogP contribution in [0.25, 0.3) is 0 Å². The number of nitrogens with zero attached hydrogens (tertiary/aromatic N) is 6. The van der Waals surface area contributed by atoms with Gasteiger partial charge in [-0.05, 0) is 38.3 Å². The van der Waals surface area contributed by atoms with Gasteiger partial charge in [-0.3, -0.25) is 0 Å². The number of allylic oxidation sites excluding steroid dienone is 1. The number of unbranched alkanes of at least 4 members (excludes halogenated alkanes) is 1. The van der Waals surface area contributed by atoms with E-state index in [1.165, 1.54) is 5.69 Å². The third-order valence-electron chi connectivity index (χ3n) is 4.97. The molecule has 1 N–H and O–H groups in total. The number of para-hydroxylation sites is 1. The maximum atomic E-state index is 4.79. The fourth-order valence-electron chi connectivity index (χ4n) is 2.95. The number of aliphatic imine (C=N–C) groups is 1. The van der Waals surface area contributed by atoms with E-state index >= 15 is 0 Å².